The highest BCUT2D eigenvalue weighted by atomic mass is 32.1. The molecule has 1 aliphatic rings. The van der Waals surface area contributed by atoms with Gasteiger partial charge in [-0.2, -0.15) is 4.37 Å². The molecule has 0 amide bonds. The zero-order valence-electron chi connectivity index (χ0n) is 10.9. The maximum Gasteiger partial charge on any atom is 0.202 e. The van der Waals surface area contributed by atoms with Crippen LogP contribution in [0.15, 0.2) is 24.3 Å². The van der Waals surface area contributed by atoms with Crippen LogP contribution >= 0.6 is 11.5 Å². The maximum atomic E-state index is 5.67. The molecule has 0 radical (unpaired) electrons. The van der Waals surface area contributed by atoms with Gasteiger partial charge in [-0.1, -0.05) is 12.1 Å². The number of nitrogens with zero attached hydrogens (tertiary/aromatic N) is 2. The highest BCUT2D eigenvalue weighted by molar-refractivity contribution is 7.09. The first-order chi connectivity index (χ1) is 9.31. The molecule has 0 atom stereocenters. The molecule has 1 heterocycles. The first-order valence-corrected chi connectivity index (χ1v) is 7.35. The first-order valence-electron chi connectivity index (χ1n) is 6.58. The minimum atomic E-state index is 0.621. The van der Waals surface area contributed by atoms with Gasteiger partial charge in [0.05, 0.1) is 6.54 Å². The van der Waals surface area contributed by atoms with Gasteiger partial charge in [0.1, 0.15) is 18.2 Å². The molecular formula is C14H17N3OS. The number of hydrogen-bond donors (Lipinski definition) is 1. The van der Waals surface area contributed by atoms with E-state index in [1.165, 1.54) is 29.9 Å². The summed E-state index contributed by atoms with van der Waals surface area (Å²) in [6.45, 7) is 3.43. The Morgan fingerprint density at radius 2 is 2.32 bits per heavy atom. The van der Waals surface area contributed by atoms with Gasteiger partial charge in [-0.25, -0.2) is 4.98 Å². The molecule has 0 unspecified atom stereocenters. The number of ether oxygens (including phenoxy) is 1. The van der Waals surface area contributed by atoms with Gasteiger partial charge < -0.3 is 10.1 Å². The lowest BCUT2D eigenvalue weighted by Gasteiger charge is -2.06. The van der Waals surface area contributed by atoms with Gasteiger partial charge in [-0.3, -0.25) is 0 Å². The van der Waals surface area contributed by atoms with E-state index in [-0.39, 0.29) is 0 Å². The summed E-state index contributed by atoms with van der Waals surface area (Å²) in [5, 5.41) is 4.15. The molecule has 1 fully saturated rings. The molecule has 100 valence electrons. The Bertz CT molecular complexity index is 551. The summed E-state index contributed by atoms with van der Waals surface area (Å²) in [7, 11) is 0. The number of aromatic nitrogens is 2. The van der Waals surface area contributed by atoms with Gasteiger partial charge >= 0.3 is 0 Å². The Hall–Kier alpha value is -1.62. The molecule has 1 aliphatic carbocycles. The van der Waals surface area contributed by atoms with Gasteiger partial charge in [0.25, 0.3) is 0 Å². The van der Waals surface area contributed by atoms with E-state index in [1.54, 1.807) is 0 Å². The lowest BCUT2D eigenvalue weighted by molar-refractivity contribution is 0.332. The molecule has 2 aromatic rings. The van der Waals surface area contributed by atoms with Gasteiger partial charge in [0.2, 0.25) is 5.13 Å². The first kappa shape index (κ1) is 12.4. The minimum absolute atomic E-state index is 0.621. The van der Waals surface area contributed by atoms with E-state index in [0.717, 1.165) is 23.3 Å². The van der Waals surface area contributed by atoms with Crippen LogP contribution in [0.2, 0.25) is 0 Å². The fourth-order valence-corrected chi connectivity index (χ4v) is 2.52. The quantitative estimate of drug-likeness (QED) is 0.822. The third-order valence-corrected chi connectivity index (χ3v) is 3.71. The van der Waals surface area contributed by atoms with Crippen LogP contribution in [0.1, 0.15) is 30.1 Å². The Morgan fingerprint density at radius 3 is 3.11 bits per heavy atom. The van der Waals surface area contributed by atoms with E-state index >= 15 is 0 Å². The zero-order valence-corrected chi connectivity index (χ0v) is 11.7. The van der Waals surface area contributed by atoms with Crippen molar-refractivity contribution in [2.45, 2.75) is 25.7 Å². The largest absolute Gasteiger partial charge is 0.492 e. The van der Waals surface area contributed by atoms with Crippen molar-refractivity contribution in [1.29, 1.82) is 0 Å². The molecular weight excluding hydrogens is 258 g/mol. The number of rotatable bonds is 6. The van der Waals surface area contributed by atoms with Crippen LogP contribution in [0.4, 0.5) is 5.13 Å². The van der Waals surface area contributed by atoms with Crippen LogP contribution in [0.5, 0.6) is 5.75 Å². The molecule has 1 aromatic heterocycles. The zero-order chi connectivity index (χ0) is 13.1. The van der Waals surface area contributed by atoms with E-state index < -0.39 is 0 Å². The van der Waals surface area contributed by atoms with Crippen molar-refractivity contribution in [2.24, 2.45) is 0 Å². The van der Waals surface area contributed by atoms with Crippen molar-refractivity contribution in [3.63, 3.8) is 0 Å². The smallest absolute Gasteiger partial charge is 0.202 e. The summed E-state index contributed by atoms with van der Waals surface area (Å²) in [6.07, 6.45) is 2.49. The monoisotopic (exact) mass is 275 g/mol. The number of aryl methyl sites for hydroxylation is 1. The number of benzene rings is 1. The van der Waals surface area contributed by atoms with Crippen LogP contribution < -0.4 is 10.1 Å². The topological polar surface area (TPSA) is 47.0 Å². The van der Waals surface area contributed by atoms with Crippen molar-refractivity contribution in [2.75, 3.05) is 18.5 Å². The maximum absolute atomic E-state index is 5.67. The molecule has 0 spiro atoms. The molecule has 19 heavy (non-hydrogen) atoms. The van der Waals surface area contributed by atoms with Crippen LogP contribution in [-0.4, -0.2) is 22.5 Å². The van der Waals surface area contributed by atoms with Gasteiger partial charge in [-0.05, 0) is 37.5 Å². The van der Waals surface area contributed by atoms with E-state index in [0.29, 0.717) is 12.5 Å². The van der Waals surface area contributed by atoms with Crippen molar-refractivity contribution in [3.8, 4) is 5.75 Å². The van der Waals surface area contributed by atoms with Crippen LogP contribution in [0.3, 0.4) is 0 Å². The van der Waals surface area contributed by atoms with Crippen LogP contribution in [0, 0.1) is 6.92 Å². The predicted octanol–water partition coefficient (Wildman–Crippen LogP) is 3.21. The summed E-state index contributed by atoms with van der Waals surface area (Å²) < 4.78 is 10.0. The fourth-order valence-electron chi connectivity index (χ4n) is 1.85. The SMILES string of the molecule is Cc1cccc(OCCNc2nc(C3CC3)ns2)c1. The summed E-state index contributed by atoms with van der Waals surface area (Å²) in [5.74, 6) is 2.54. The molecule has 0 bridgehead atoms. The van der Waals surface area contributed by atoms with Gasteiger partial charge in [0.15, 0.2) is 0 Å². The normalized spacial score (nSPS) is 14.4. The van der Waals surface area contributed by atoms with Crippen LogP contribution in [-0.2, 0) is 0 Å². The van der Waals surface area contributed by atoms with Crippen molar-refractivity contribution >= 4 is 16.7 Å². The van der Waals surface area contributed by atoms with E-state index in [2.05, 4.69) is 27.7 Å². The number of hydrogen-bond acceptors (Lipinski definition) is 5. The predicted molar refractivity (Wildman–Crippen MR) is 77.0 cm³/mol. The van der Waals surface area contributed by atoms with E-state index in [1.807, 2.05) is 18.2 Å². The Kier molecular flexibility index (Phi) is 3.64. The standard InChI is InChI=1S/C14H17N3OS/c1-10-3-2-4-12(9-10)18-8-7-15-14-16-13(17-19-14)11-5-6-11/h2-4,9,11H,5-8H2,1H3,(H,15,16,17). The second kappa shape index (κ2) is 5.57. The van der Waals surface area contributed by atoms with Crippen molar-refractivity contribution in [1.82, 2.24) is 9.36 Å². The van der Waals surface area contributed by atoms with E-state index in [4.69, 9.17) is 4.74 Å². The number of nitrogens with one attached hydrogen (secondary N) is 1. The average molecular weight is 275 g/mol. The third kappa shape index (κ3) is 3.44. The Morgan fingerprint density at radius 1 is 1.42 bits per heavy atom. The summed E-state index contributed by atoms with van der Waals surface area (Å²) in [4.78, 5) is 4.47. The second-order valence-corrected chi connectivity index (χ2v) is 5.58. The molecule has 4 nitrogen and oxygen atoms in total. The molecule has 1 N–H and O–H groups in total. The third-order valence-electron chi connectivity index (χ3n) is 3.02. The average Bonchev–Trinajstić information content (AvgIpc) is 3.15. The minimum Gasteiger partial charge on any atom is -0.492 e. The highest BCUT2D eigenvalue weighted by Gasteiger charge is 2.27. The molecule has 0 saturated heterocycles. The highest BCUT2D eigenvalue weighted by Crippen LogP contribution is 2.39. The molecule has 1 aromatic carbocycles. The number of anilines is 1. The fraction of sp³-hybridized carbons (Fsp3) is 0.429. The van der Waals surface area contributed by atoms with Gasteiger partial charge in [0, 0.05) is 17.5 Å². The molecule has 0 aliphatic heterocycles. The Balaban J connectivity index is 1.42. The lowest BCUT2D eigenvalue weighted by atomic mass is 10.2. The van der Waals surface area contributed by atoms with E-state index in [9.17, 15) is 0 Å². The van der Waals surface area contributed by atoms with Crippen LogP contribution in [0.25, 0.3) is 0 Å². The molecule has 1 saturated carbocycles. The second-order valence-electron chi connectivity index (χ2n) is 4.82. The molecule has 5 heteroatoms. The molecule has 3 rings (SSSR count). The lowest BCUT2D eigenvalue weighted by Crippen LogP contribution is -2.11. The summed E-state index contributed by atoms with van der Waals surface area (Å²) in [5.41, 5.74) is 1.21. The Labute approximate surface area is 117 Å². The van der Waals surface area contributed by atoms with Gasteiger partial charge in [-0.15, -0.1) is 0 Å². The summed E-state index contributed by atoms with van der Waals surface area (Å²) >= 11 is 1.44. The van der Waals surface area contributed by atoms with Crippen molar-refractivity contribution in [3.05, 3.63) is 35.7 Å². The summed E-state index contributed by atoms with van der Waals surface area (Å²) in [6, 6.07) is 8.08. The van der Waals surface area contributed by atoms with Crippen molar-refractivity contribution < 1.29 is 4.74 Å².